The molecule has 0 aromatic carbocycles. The van der Waals surface area contributed by atoms with E-state index in [4.69, 9.17) is 11.6 Å². The molecule has 8 nitrogen and oxygen atoms in total. The Morgan fingerprint density at radius 1 is 1.27 bits per heavy atom. The van der Waals surface area contributed by atoms with E-state index in [0.717, 1.165) is 30.4 Å². The minimum atomic E-state index is -4.77. The molecule has 158 valence electrons. The molecule has 4 heterocycles. The van der Waals surface area contributed by atoms with Crippen LogP contribution in [0.15, 0.2) is 36.1 Å². The Labute approximate surface area is 172 Å². The van der Waals surface area contributed by atoms with E-state index in [9.17, 15) is 22.4 Å². The molecule has 2 aromatic rings. The number of rotatable bonds is 2. The van der Waals surface area contributed by atoms with Crippen molar-refractivity contribution in [1.82, 2.24) is 30.8 Å². The molecule has 0 unspecified atom stereocenters. The lowest BCUT2D eigenvalue weighted by molar-refractivity contribution is -0.141. The topological polar surface area (TPSA) is 86.3 Å². The highest BCUT2D eigenvalue weighted by atomic mass is 35.5. The Hall–Kier alpha value is -2.99. The van der Waals surface area contributed by atoms with Gasteiger partial charge in [0.2, 0.25) is 5.95 Å². The number of nitrogens with zero attached hydrogens (tertiary/aromatic N) is 5. The Morgan fingerprint density at radius 2 is 1.97 bits per heavy atom. The number of alkyl halides is 3. The van der Waals surface area contributed by atoms with Gasteiger partial charge in [-0.05, 0) is 13.0 Å². The molecule has 2 aliphatic rings. The normalized spacial score (nSPS) is 19.1. The van der Waals surface area contributed by atoms with Crippen LogP contribution < -0.4 is 16.0 Å². The second-order valence-corrected chi connectivity index (χ2v) is 6.96. The van der Waals surface area contributed by atoms with Crippen molar-refractivity contribution in [2.75, 3.05) is 11.6 Å². The Bertz CT molecular complexity index is 1030. The molecule has 4 rings (SSSR count). The quantitative estimate of drug-likeness (QED) is 0.690. The van der Waals surface area contributed by atoms with Gasteiger partial charge in [0, 0.05) is 19.2 Å². The lowest BCUT2D eigenvalue weighted by Gasteiger charge is -2.34. The molecule has 0 fully saturated rings. The molecule has 1 amide bonds. The van der Waals surface area contributed by atoms with Gasteiger partial charge in [0.1, 0.15) is 0 Å². The van der Waals surface area contributed by atoms with Gasteiger partial charge < -0.3 is 10.3 Å². The molecule has 1 atom stereocenters. The maximum atomic E-state index is 13.1. The fourth-order valence-corrected chi connectivity index (χ4v) is 3.67. The third-order valence-electron chi connectivity index (χ3n) is 4.81. The summed E-state index contributed by atoms with van der Waals surface area (Å²) in [6.45, 7) is 1.93. The van der Waals surface area contributed by atoms with Crippen molar-refractivity contribution in [3.8, 4) is 0 Å². The summed E-state index contributed by atoms with van der Waals surface area (Å²) in [4.78, 5) is 25.5. The minimum Gasteiger partial charge on any atom is -0.330 e. The van der Waals surface area contributed by atoms with E-state index in [-0.39, 0.29) is 18.1 Å². The molecule has 0 saturated carbocycles. The van der Waals surface area contributed by atoms with Gasteiger partial charge in [0.25, 0.3) is 5.91 Å². The Balaban J connectivity index is 1.61. The van der Waals surface area contributed by atoms with Crippen molar-refractivity contribution in [2.24, 2.45) is 0 Å². The lowest BCUT2D eigenvalue weighted by atomic mass is 10.0. The number of pyridine rings is 1. The molecule has 0 spiro atoms. The number of nitrogens with one attached hydrogen (secondary N) is 2. The monoisotopic (exact) mass is 443 g/mol. The van der Waals surface area contributed by atoms with Crippen molar-refractivity contribution >= 4 is 23.5 Å². The number of halogens is 5. The van der Waals surface area contributed by atoms with Gasteiger partial charge in [-0.15, -0.1) is 5.53 Å². The molecule has 30 heavy (non-hydrogen) atoms. The van der Waals surface area contributed by atoms with Crippen LogP contribution in [0, 0.1) is 5.82 Å². The van der Waals surface area contributed by atoms with E-state index in [1.54, 1.807) is 6.92 Å². The number of hydrazine groups is 2. The highest BCUT2D eigenvalue weighted by Gasteiger charge is 2.40. The summed E-state index contributed by atoms with van der Waals surface area (Å²) in [5, 5.41) is 0.787. The zero-order valence-corrected chi connectivity index (χ0v) is 16.1. The van der Waals surface area contributed by atoms with Gasteiger partial charge in [-0.25, -0.2) is 19.4 Å². The van der Waals surface area contributed by atoms with Gasteiger partial charge in [-0.3, -0.25) is 9.78 Å². The van der Waals surface area contributed by atoms with Crippen LogP contribution in [0.3, 0.4) is 0 Å². The lowest BCUT2D eigenvalue weighted by Crippen LogP contribution is -2.46. The second kappa shape index (κ2) is 7.36. The first kappa shape index (κ1) is 20.3. The summed E-state index contributed by atoms with van der Waals surface area (Å²) in [6, 6.07) is 0.646. The van der Waals surface area contributed by atoms with E-state index in [2.05, 4.69) is 25.9 Å². The number of anilines is 1. The first-order chi connectivity index (χ1) is 14.2. The summed E-state index contributed by atoms with van der Waals surface area (Å²) in [7, 11) is 0. The zero-order chi connectivity index (χ0) is 21.6. The average Bonchev–Trinajstić information content (AvgIpc) is 3.13. The van der Waals surface area contributed by atoms with Crippen molar-refractivity contribution < 1.29 is 22.4 Å². The zero-order valence-electron chi connectivity index (χ0n) is 15.3. The van der Waals surface area contributed by atoms with E-state index < -0.39 is 34.7 Å². The number of carbonyl (C=O) groups excluding carboxylic acids is 1. The number of hydrogen-bond acceptors (Lipinski definition) is 7. The molecule has 2 aromatic heterocycles. The third kappa shape index (κ3) is 3.41. The van der Waals surface area contributed by atoms with Gasteiger partial charge >= 0.3 is 6.18 Å². The molecule has 0 saturated heterocycles. The second-order valence-electron chi connectivity index (χ2n) is 6.58. The Morgan fingerprint density at radius 3 is 2.63 bits per heavy atom. The van der Waals surface area contributed by atoms with Crippen LogP contribution in [0.5, 0.6) is 0 Å². The van der Waals surface area contributed by atoms with Crippen LogP contribution in [-0.2, 0) is 6.18 Å². The van der Waals surface area contributed by atoms with Crippen molar-refractivity contribution in [1.29, 1.82) is 0 Å². The van der Waals surface area contributed by atoms with Crippen LogP contribution in [0.4, 0.5) is 23.5 Å². The summed E-state index contributed by atoms with van der Waals surface area (Å²) in [5.41, 5.74) is 5.53. The van der Waals surface area contributed by atoms with Crippen LogP contribution >= 0.6 is 11.6 Å². The summed E-state index contributed by atoms with van der Waals surface area (Å²) >= 11 is 5.86. The fraction of sp³-hybridized carbons (Fsp3) is 0.294. The van der Waals surface area contributed by atoms with Gasteiger partial charge in [-0.2, -0.15) is 13.2 Å². The molecule has 0 radical (unpaired) electrons. The number of hydrogen-bond donors (Lipinski definition) is 2. The van der Waals surface area contributed by atoms with Crippen LogP contribution in [0.2, 0.25) is 5.02 Å². The summed E-state index contributed by atoms with van der Waals surface area (Å²) in [5.74, 6) is -1.03. The van der Waals surface area contributed by atoms with E-state index in [1.165, 1.54) is 9.91 Å². The molecule has 2 N–H and O–H groups in total. The number of amides is 1. The molecule has 13 heteroatoms. The number of aromatic nitrogens is 3. The average molecular weight is 444 g/mol. The minimum absolute atomic E-state index is 0.202. The van der Waals surface area contributed by atoms with Gasteiger partial charge in [-0.1, -0.05) is 11.6 Å². The molecular formula is C17H14ClF4N7O. The predicted molar refractivity (Wildman–Crippen MR) is 97.1 cm³/mol. The summed E-state index contributed by atoms with van der Waals surface area (Å²) in [6.07, 6.45) is -1.48. The van der Waals surface area contributed by atoms with Crippen LogP contribution in [-0.4, -0.2) is 38.3 Å². The molecular weight excluding hydrogens is 430 g/mol. The SMILES string of the molecule is C[C@H]1C2=C(CCN1C(=O)c1ccnc(C(F)(F)F)c1Cl)N(c1ncc(F)cn1)NN2. The molecule has 0 bridgehead atoms. The number of carbonyl (C=O) groups is 1. The first-order valence-electron chi connectivity index (χ1n) is 8.73. The Kier molecular flexibility index (Phi) is 4.98. The van der Waals surface area contributed by atoms with E-state index in [1.807, 2.05) is 0 Å². The van der Waals surface area contributed by atoms with E-state index >= 15 is 0 Å². The fourth-order valence-electron chi connectivity index (χ4n) is 3.37. The first-order valence-corrected chi connectivity index (χ1v) is 9.11. The largest absolute Gasteiger partial charge is 0.434 e. The van der Waals surface area contributed by atoms with Gasteiger partial charge in [0.15, 0.2) is 11.5 Å². The highest BCUT2D eigenvalue weighted by molar-refractivity contribution is 6.34. The van der Waals surface area contributed by atoms with Crippen molar-refractivity contribution in [3.63, 3.8) is 0 Å². The van der Waals surface area contributed by atoms with E-state index in [0.29, 0.717) is 12.1 Å². The maximum Gasteiger partial charge on any atom is 0.434 e. The summed E-state index contributed by atoms with van der Waals surface area (Å²) < 4.78 is 52.3. The van der Waals surface area contributed by atoms with Gasteiger partial charge in [0.05, 0.1) is 40.4 Å². The third-order valence-corrected chi connectivity index (χ3v) is 5.20. The maximum absolute atomic E-state index is 13.1. The van der Waals surface area contributed by atoms with Crippen molar-refractivity contribution in [2.45, 2.75) is 25.6 Å². The molecule has 2 aliphatic heterocycles. The van der Waals surface area contributed by atoms with Crippen LogP contribution in [0.25, 0.3) is 0 Å². The van der Waals surface area contributed by atoms with Crippen LogP contribution in [0.1, 0.15) is 29.4 Å². The smallest absolute Gasteiger partial charge is 0.330 e. The molecule has 0 aliphatic carbocycles. The standard InChI is InChI=1S/C17H14ClF4N7O/c1-8-13-11(29(27-26-13)16-24-6-9(19)7-25-16)3-5-28(8)15(30)10-2-4-23-14(12(10)18)17(20,21)22/h2,4,6-8,26-27H,3,5H2,1H3/t8-/m0/s1. The highest BCUT2D eigenvalue weighted by Crippen LogP contribution is 2.36. The predicted octanol–water partition coefficient (Wildman–Crippen LogP) is 2.66. The van der Waals surface area contributed by atoms with Crippen molar-refractivity contribution in [3.05, 3.63) is 58.1 Å².